The number of anilines is 1. The van der Waals surface area contributed by atoms with E-state index in [1.807, 2.05) is 6.92 Å². The molecule has 1 unspecified atom stereocenters. The topological polar surface area (TPSA) is 64.1 Å². The van der Waals surface area contributed by atoms with Gasteiger partial charge >= 0.3 is 5.97 Å². The van der Waals surface area contributed by atoms with Gasteiger partial charge in [0.15, 0.2) is 5.69 Å². The summed E-state index contributed by atoms with van der Waals surface area (Å²) in [6.45, 7) is 1.96. The van der Waals surface area contributed by atoms with E-state index in [9.17, 15) is 4.79 Å². The van der Waals surface area contributed by atoms with Crippen molar-refractivity contribution in [3.05, 3.63) is 18.1 Å². The van der Waals surface area contributed by atoms with Crippen LogP contribution in [0.1, 0.15) is 23.8 Å². The van der Waals surface area contributed by atoms with Crippen molar-refractivity contribution < 1.29 is 9.53 Å². The molecule has 0 aromatic carbocycles. The van der Waals surface area contributed by atoms with Crippen LogP contribution >= 0.6 is 0 Å². The first-order chi connectivity index (χ1) is 7.71. The van der Waals surface area contributed by atoms with Crippen LogP contribution in [-0.4, -0.2) is 29.1 Å². The van der Waals surface area contributed by atoms with Crippen molar-refractivity contribution in [1.82, 2.24) is 9.97 Å². The van der Waals surface area contributed by atoms with Crippen molar-refractivity contribution in [3.8, 4) is 12.3 Å². The Hall–Kier alpha value is -2.09. The first kappa shape index (κ1) is 12.0. The number of methoxy groups -OCH3 is 1. The second-order valence-corrected chi connectivity index (χ2v) is 3.05. The molecule has 1 N–H and O–H groups in total. The number of nitrogens with one attached hydrogen (secondary N) is 1. The van der Waals surface area contributed by atoms with Crippen LogP contribution in [0.2, 0.25) is 0 Å². The van der Waals surface area contributed by atoms with E-state index in [-0.39, 0.29) is 11.7 Å². The molecule has 0 amide bonds. The number of terminal acetylenes is 1. The molecule has 1 aromatic rings. The highest BCUT2D eigenvalue weighted by Crippen LogP contribution is 2.07. The van der Waals surface area contributed by atoms with E-state index >= 15 is 0 Å². The number of carbonyl (C=O) groups is 1. The molecule has 5 nitrogen and oxygen atoms in total. The summed E-state index contributed by atoms with van der Waals surface area (Å²) in [5.74, 6) is 2.59. The lowest BCUT2D eigenvalue weighted by molar-refractivity contribution is 0.0594. The third-order valence-corrected chi connectivity index (χ3v) is 1.99. The molecule has 1 rings (SSSR count). The standard InChI is InChI=1S/C11H13N3O2/c1-4-8(5-2)14-10-6-9(11(15)16-3)12-7-13-10/h1,6-8H,5H2,2-3H3,(H,12,13,14). The maximum absolute atomic E-state index is 11.2. The molecule has 1 aromatic heterocycles. The number of carbonyl (C=O) groups excluding carboxylic acids is 1. The quantitative estimate of drug-likeness (QED) is 0.606. The predicted molar refractivity (Wildman–Crippen MR) is 59.9 cm³/mol. The Morgan fingerprint density at radius 1 is 1.69 bits per heavy atom. The Balaban J connectivity index is 2.83. The smallest absolute Gasteiger partial charge is 0.356 e. The molecule has 0 aliphatic rings. The third kappa shape index (κ3) is 2.95. The van der Waals surface area contributed by atoms with Gasteiger partial charge in [-0.1, -0.05) is 12.8 Å². The van der Waals surface area contributed by atoms with Crippen LogP contribution in [0.5, 0.6) is 0 Å². The van der Waals surface area contributed by atoms with E-state index in [0.717, 1.165) is 6.42 Å². The van der Waals surface area contributed by atoms with E-state index in [2.05, 4.69) is 25.9 Å². The highest BCUT2D eigenvalue weighted by molar-refractivity contribution is 5.87. The van der Waals surface area contributed by atoms with E-state index in [0.29, 0.717) is 5.82 Å². The predicted octanol–water partition coefficient (Wildman–Crippen LogP) is 1.09. The summed E-state index contributed by atoms with van der Waals surface area (Å²) in [6, 6.07) is 1.40. The second kappa shape index (κ2) is 5.71. The molecule has 5 heteroatoms. The lowest BCUT2D eigenvalue weighted by Gasteiger charge is -2.11. The minimum atomic E-state index is -0.501. The molecule has 1 atom stereocenters. The number of aromatic nitrogens is 2. The molecule has 1 heterocycles. The highest BCUT2D eigenvalue weighted by atomic mass is 16.5. The van der Waals surface area contributed by atoms with Crippen LogP contribution in [0.4, 0.5) is 5.82 Å². The Kier molecular flexibility index (Phi) is 4.28. The normalized spacial score (nSPS) is 11.3. The van der Waals surface area contributed by atoms with Gasteiger partial charge in [-0.25, -0.2) is 14.8 Å². The molecule has 0 aliphatic carbocycles. The van der Waals surface area contributed by atoms with Crippen molar-refractivity contribution in [2.75, 3.05) is 12.4 Å². The highest BCUT2D eigenvalue weighted by Gasteiger charge is 2.09. The molecule has 0 saturated heterocycles. The summed E-state index contributed by atoms with van der Waals surface area (Å²) in [5, 5.41) is 3.00. The maximum Gasteiger partial charge on any atom is 0.356 e. The Morgan fingerprint density at radius 2 is 2.44 bits per heavy atom. The molecule has 0 fully saturated rings. The number of rotatable bonds is 4. The van der Waals surface area contributed by atoms with Crippen LogP contribution in [-0.2, 0) is 4.74 Å². The van der Waals surface area contributed by atoms with Crippen molar-refractivity contribution >= 4 is 11.8 Å². The summed E-state index contributed by atoms with van der Waals surface area (Å²) in [6.07, 6.45) is 7.37. The summed E-state index contributed by atoms with van der Waals surface area (Å²) >= 11 is 0. The molecule has 0 aliphatic heterocycles. The fourth-order valence-electron chi connectivity index (χ4n) is 1.09. The summed E-state index contributed by atoms with van der Waals surface area (Å²) in [7, 11) is 1.30. The fraction of sp³-hybridized carbons (Fsp3) is 0.364. The fourth-order valence-corrected chi connectivity index (χ4v) is 1.09. The second-order valence-electron chi connectivity index (χ2n) is 3.05. The van der Waals surface area contributed by atoms with Gasteiger partial charge in [-0.3, -0.25) is 0 Å². The van der Waals surface area contributed by atoms with Crippen LogP contribution < -0.4 is 5.32 Å². The average molecular weight is 219 g/mol. The van der Waals surface area contributed by atoms with Gasteiger partial charge in [0.25, 0.3) is 0 Å². The molecule has 0 spiro atoms. The molecule has 0 bridgehead atoms. The first-order valence-corrected chi connectivity index (χ1v) is 4.84. The van der Waals surface area contributed by atoms with Gasteiger partial charge in [0.2, 0.25) is 0 Å². The average Bonchev–Trinajstić information content (AvgIpc) is 2.35. The molecular formula is C11H13N3O2. The minimum Gasteiger partial charge on any atom is -0.464 e. The summed E-state index contributed by atoms with van der Waals surface area (Å²) in [5.41, 5.74) is 0.201. The van der Waals surface area contributed by atoms with Gasteiger partial charge in [0, 0.05) is 6.07 Å². The first-order valence-electron chi connectivity index (χ1n) is 4.84. The van der Waals surface area contributed by atoms with Crippen molar-refractivity contribution in [3.63, 3.8) is 0 Å². The lowest BCUT2D eigenvalue weighted by Crippen LogP contribution is -2.17. The minimum absolute atomic E-state index is 0.111. The van der Waals surface area contributed by atoms with Gasteiger partial charge in [-0.05, 0) is 6.42 Å². The van der Waals surface area contributed by atoms with Gasteiger partial charge in [-0.2, -0.15) is 0 Å². The van der Waals surface area contributed by atoms with Crippen LogP contribution in [0.15, 0.2) is 12.4 Å². The SMILES string of the molecule is C#CC(CC)Nc1cc(C(=O)OC)ncn1. The Labute approximate surface area is 94.2 Å². The van der Waals surface area contributed by atoms with E-state index in [4.69, 9.17) is 6.42 Å². The van der Waals surface area contributed by atoms with Gasteiger partial charge in [-0.15, -0.1) is 6.42 Å². The molecule has 16 heavy (non-hydrogen) atoms. The largest absolute Gasteiger partial charge is 0.464 e. The van der Waals surface area contributed by atoms with Crippen molar-refractivity contribution in [2.24, 2.45) is 0 Å². The zero-order valence-corrected chi connectivity index (χ0v) is 9.23. The van der Waals surface area contributed by atoms with E-state index in [1.165, 1.54) is 19.5 Å². The van der Waals surface area contributed by atoms with Crippen LogP contribution in [0, 0.1) is 12.3 Å². The van der Waals surface area contributed by atoms with Crippen LogP contribution in [0.3, 0.4) is 0 Å². The molecule has 0 saturated carbocycles. The van der Waals surface area contributed by atoms with E-state index in [1.54, 1.807) is 0 Å². The van der Waals surface area contributed by atoms with Crippen molar-refractivity contribution in [2.45, 2.75) is 19.4 Å². The van der Waals surface area contributed by atoms with Crippen molar-refractivity contribution in [1.29, 1.82) is 0 Å². The van der Waals surface area contributed by atoms with Gasteiger partial charge in [0.1, 0.15) is 12.1 Å². The maximum atomic E-state index is 11.2. The number of hydrogen-bond acceptors (Lipinski definition) is 5. The van der Waals surface area contributed by atoms with Crippen LogP contribution in [0.25, 0.3) is 0 Å². The zero-order chi connectivity index (χ0) is 12.0. The number of esters is 1. The Bertz CT molecular complexity index is 412. The zero-order valence-electron chi connectivity index (χ0n) is 9.23. The summed E-state index contributed by atoms with van der Waals surface area (Å²) < 4.78 is 4.55. The van der Waals surface area contributed by atoms with Gasteiger partial charge in [0.05, 0.1) is 13.2 Å². The monoisotopic (exact) mass is 219 g/mol. The third-order valence-electron chi connectivity index (χ3n) is 1.99. The lowest BCUT2D eigenvalue weighted by atomic mass is 10.2. The number of nitrogens with zero attached hydrogens (tertiary/aromatic N) is 2. The molecule has 0 radical (unpaired) electrons. The molecule has 84 valence electrons. The summed E-state index contributed by atoms with van der Waals surface area (Å²) in [4.78, 5) is 19.0. The number of ether oxygens (including phenoxy) is 1. The van der Waals surface area contributed by atoms with Gasteiger partial charge < -0.3 is 10.1 Å². The Morgan fingerprint density at radius 3 is 3.00 bits per heavy atom. The molecular weight excluding hydrogens is 206 g/mol. The number of hydrogen-bond donors (Lipinski definition) is 1. The van der Waals surface area contributed by atoms with E-state index < -0.39 is 5.97 Å².